The third kappa shape index (κ3) is 20.4. The number of aromatic nitrogens is 10. The van der Waals surface area contributed by atoms with Crippen molar-refractivity contribution in [2.24, 2.45) is 0 Å². The van der Waals surface area contributed by atoms with Gasteiger partial charge in [-0.05, 0) is 302 Å². The molecule has 25 heteroatoms. The Labute approximate surface area is 742 Å². The zero-order chi connectivity index (χ0) is 88.3. The molecule has 0 unspecified atom stereocenters. The standard InChI is InChI=1S/C23H27N3O.C20H18F3N3O.C20H21N3O2.C20H21N3O.C19H18ClN3O/c1-23(2,3)18-8-10-19(11-9-18)26-16-24-20-15-17(7-12-21(20)26)22(27)25-13-5-4-6-14-25;21-20(22,23)15-5-7-16(8-6-15)26-13-24-17-12-14(4-9-18(17)26)19(27)25-10-2-1-3-11-25;1-25-17-8-6-16(7-9-17)23-14-21-18-13-15(5-10-19(18)23)20(24)22-11-3-2-4-12-22;1-15-5-8-17(9-6-15)23-14-21-18-13-16(7-10-19(18)23)20(24)22-11-3-2-4-12-22;20-15-5-7-16(8-6-15)23-13-21-17-12-14(4-9-18(17)23)19(24)22-10-2-1-3-11-22/h7-12,15-16H,4-6,13-14H2,1-3H3;4-9,12-13H,1-3,10-11H2;5-10,13-14H,2-4,11-12H2,1H3;5-10,13-14H,2-4,11-12H2,1H3;4-9,12-13H,1-3,10-11H2. The predicted octanol–water partition coefficient (Wildman–Crippen LogP) is 21.5. The summed E-state index contributed by atoms with van der Waals surface area (Å²) in [6.07, 6.45) is 21.3. The number of fused-ring (bicyclic) bond motifs is 5. The highest BCUT2D eigenvalue weighted by atomic mass is 35.5. The van der Waals surface area contributed by atoms with Crippen LogP contribution in [-0.4, -0.2) is 174 Å². The zero-order valence-corrected chi connectivity index (χ0v) is 73.2. The van der Waals surface area contributed by atoms with E-state index in [9.17, 15) is 37.1 Å². The Hall–Kier alpha value is -13.2. The van der Waals surface area contributed by atoms with Gasteiger partial charge in [0.1, 0.15) is 37.4 Å². The van der Waals surface area contributed by atoms with Gasteiger partial charge in [0, 0.05) is 127 Å². The molecule has 0 saturated carbocycles. The summed E-state index contributed by atoms with van der Waals surface area (Å²) in [6, 6.07) is 65.9. The summed E-state index contributed by atoms with van der Waals surface area (Å²) in [5, 5.41) is 0.706. The number of aryl methyl sites for hydroxylation is 1. The topological polar surface area (TPSA) is 200 Å². The number of benzene rings is 10. The number of imidazole rings is 5. The lowest BCUT2D eigenvalue weighted by Crippen LogP contribution is -2.35. The van der Waals surface area contributed by atoms with Crippen molar-refractivity contribution >= 4 is 96.3 Å². The van der Waals surface area contributed by atoms with E-state index < -0.39 is 11.7 Å². The van der Waals surface area contributed by atoms with Crippen molar-refractivity contribution in [1.82, 2.24) is 72.3 Å². The first-order valence-corrected chi connectivity index (χ1v) is 44.5. The smallest absolute Gasteiger partial charge is 0.416 e. The molecule has 0 N–H and O–H groups in total. The summed E-state index contributed by atoms with van der Waals surface area (Å²) in [7, 11) is 1.66. The Morgan fingerprint density at radius 2 is 0.520 bits per heavy atom. The molecule has 0 radical (unpaired) electrons. The first-order chi connectivity index (χ1) is 61.6. The van der Waals surface area contributed by atoms with Crippen LogP contribution in [0.25, 0.3) is 83.6 Å². The van der Waals surface area contributed by atoms with Crippen molar-refractivity contribution in [2.75, 3.05) is 72.6 Å². The van der Waals surface area contributed by atoms with E-state index in [4.69, 9.17) is 16.3 Å². The Bertz CT molecular complexity index is 6070. The number of rotatable bonds is 11. The number of nitrogens with zero attached hydrogens (tertiary/aromatic N) is 15. The molecule has 5 fully saturated rings. The predicted molar refractivity (Wildman–Crippen MR) is 494 cm³/mol. The molecule has 0 atom stereocenters. The Morgan fingerprint density at radius 3 is 0.748 bits per heavy atom. The Kier molecular flexibility index (Phi) is 26.9. The van der Waals surface area contributed by atoms with E-state index in [1.165, 1.54) is 48.9 Å². The van der Waals surface area contributed by atoms with Gasteiger partial charge in [-0.15, -0.1) is 0 Å². The van der Waals surface area contributed by atoms with E-state index in [1.807, 2.05) is 168 Å². The summed E-state index contributed by atoms with van der Waals surface area (Å²) in [4.78, 5) is 95.3. The summed E-state index contributed by atoms with van der Waals surface area (Å²) in [6.45, 7) is 17.2. The first kappa shape index (κ1) is 87.3. The molecule has 5 aromatic heterocycles. The van der Waals surface area contributed by atoms with Crippen LogP contribution in [0.4, 0.5) is 13.2 Å². The number of carbonyl (C=O) groups is 5. The van der Waals surface area contributed by atoms with E-state index in [1.54, 1.807) is 48.9 Å². The quantitative estimate of drug-likeness (QED) is 0.119. The fourth-order valence-corrected chi connectivity index (χ4v) is 17.3. The third-order valence-electron chi connectivity index (χ3n) is 24.4. The molecular formula is C102H105ClF3N15O6. The maximum atomic E-state index is 12.7. The van der Waals surface area contributed by atoms with E-state index >= 15 is 0 Å². The number of ether oxygens (including phenoxy) is 1. The highest BCUT2D eigenvalue weighted by Gasteiger charge is 2.31. The van der Waals surface area contributed by atoms with Crippen molar-refractivity contribution in [3.8, 4) is 34.2 Å². The van der Waals surface area contributed by atoms with E-state index in [-0.39, 0.29) is 35.0 Å². The van der Waals surface area contributed by atoms with Gasteiger partial charge in [0.05, 0.1) is 67.8 Å². The van der Waals surface area contributed by atoms with Crippen LogP contribution in [0.1, 0.15) is 186 Å². The van der Waals surface area contributed by atoms with E-state index in [2.05, 4.69) is 110 Å². The van der Waals surface area contributed by atoms with Crippen LogP contribution in [-0.2, 0) is 11.6 Å². The van der Waals surface area contributed by atoms with Crippen molar-refractivity contribution in [2.45, 2.75) is 136 Å². The average molecular weight is 1730 g/mol. The second-order valence-corrected chi connectivity index (χ2v) is 34.6. The fraction of sp³-hybridized carbons (Fsp3) is 0.314. The van der Waals surface area contributed by atoms with Gasteiger partial charge < -0.3 is 29.2 Å². The monoisotopic (exact) mass is 1730 g/mol. The molecule has 5 aliphatic heterocycles. The molecule has 0 bridgehead atoms. The van der Waals surface area contributed by atoms with E-state index in [0.29, 0.717) is 27.4 Å². The van der Waals surface area contributed by atoms with Gasteiger partial charge in [0.2, 0.25) is 0 Å². The molecule has 5 aliphatic rings. The molecule has 0 aliphatic carbocycles. The zero-order valence-electron chi connectivity index (χ0n) is 72.4. The largest absolute Gasteiger partial charge is 0.497 e. The molecule has 127 heavy (non-hydrogen) atoms. The van der Waals surface area contributed by atoms with Crippen LogP contribution < -0.4 is 4.74 Å². The second kappa shape index (κ2) is 39.1. The molecule has 5 saturated heterocycles. The summed E-state index contributed by atoms with van der Waals surface area (Å²) >= 11 is 5.95. The first-order valence-electron chi connectivity index (χ1n) is 44.2. The highest BCUT2D eigenvalue weighted by molar-refractivity contribution is 6.30. The molecule has 652 valence electrons. The molecule has 20 rings (SSSR count). The van der Waals surface area contributed by atoms with E-state index in [0.717, 1.165) is 243 Å². The van der Waals surface area contributed by atoms with Gasteiger partial charge in [-0.2, -0.15) is 13.2 Å². The van der Waals surface area contributed by atoms with Crippen LogP contribution in [0.3, 0.4) is 0 Å². The summed E-state index contributed by atoms with van der Waals surface area (Å²) in [5.74, 6) is 1.30. The lowest BCUT2D eigenvalue weighted by Gasteiger charge is -2.26. The minimum Gasteiger partial charge on any atom is -0.497 e. The van der Waals surface area contributed by atoms with Gasteiger partial charge in [-0.25, -0.2) is 24.9 Å². The van der Waals surface area contributed by atoms with Crippen LogP contribution in [0.15, 0.2) is 244 Å². The Morgan fingerprint density at radius 1 is 0.299 bits per heavy atom. The molecule has 0 spiro atoms. The van der Waals surface area contributed by atoms with Gasteiger partial charge in [-0.3, -0.25) is 46.8 Å². The van der Waals surface area contributed by atoms with Crippen molar-refractivity contribution in [3.63, 3.8) is 0 Å². The molecule has 10 heterocycles. The van der Waals surface area contributed by atoms with Crippen LogP contribution in [0, 0.1) is 6.92 Å². The number of halogens is 4. The van der Waals surface area contributed by atoms with Gasteiger partial charge in [0.15, 0.2) is 0 Å². The molecule has 10 aromatic carbocycles. The fourth-order valence-electron chi connectivity index (χ4n) is 17.1. The van der Waals surface area contributed by atoms with Crippen molar-refractivity contribution in [3.05, 3.63) is 293 Å². The number of methoxy groups -OCH3 is 1. The third-order valence-corrected chi connectivity index (χ3v) is 24.7. The maximum absolute atomic E-state index is 12.7. The van der Waals surface area contributed by atoms with Gasteiger partial charge in [-0.1, -0.05) is 62.2 Å². The van der Waals surface area contributed by atoms with Gasteiger partial charge >= 0.3 is 6.18 Å². The van der Waals surface area contributed by atoms with Crippen LogP contribution >= 0.6 is 11.6 Å². The number of amides is 5. The van der Waals surface area contributed by atoms with Crippen molar-refractivity contribution in [1.29, 1.82) is 0 Å². The number of hydrogen-bond acceptors (Lipinski definition) is 11. The number of likely N-dealkylation sites (tertiary alicyclic amines) is 5. The summed E-state index contributed by atoms with van der Waals surface area (Å²) < 4.78 is 53.3. The lowest BCUT2D eigenvalue weighted by atomic mass is 9.87. The number of hydrogen-bond donors (Lipinski definition) is 0. The molecular weight excluding hydrogens is 1620 g/mol. The maximum Gasteiger partial charge on any atom is 0.416 e. The second-order valence-electron chi connectivity index (χ2n) is 34.2. The molecule has 21 nitrogen and oxygen atoms in total. The number of piperidine rings is 5. The number of alkyl halides is 3. The van der Waals surface area contributed by atoms with Crippen LogP contribution in [0.5, 0.6) is 5.75 Å². The average Bonchev–Trinajstić information content (AvgIpc) is 1.68. The minimum atomic E-state index is -4.36. The summed E-state index contributed by atoms with van der Waals surface area (Å²) in [5.41, 5.74) is 19.0. The molecule has 15 aromatic rings. The van der Waals surface area contributed by atoms with Gasteiger partial charge in [0.25, 0.3) is 29.5 Å². The van der Waals surface area contributed by atoms with Crippen molar-refractivity contribution < 1.29 is 41.9 Å². The lowest BCUT2D eigenvalue weighted by molar-refractivity contribution is -0.137. The normalized spacial score (nSPS) is 15.0. The SMILES string of the molecule is CC(C)(C)c1ccc(-n2cnc3cc(C(=O)N4CCCCC4)ccc32)cc1.COc1ccc(-n2cnc3cc(C(=O)N4CCCCC4)ccc32)cc1.Cc1ccc(-n2cnc3cc(C(=O)N4CCCCC4)ccc32)cc1.O=C(c1ccc2c(c1)ncn2-c1ccc(C(F)(F)F)cc1)N1CCCCC1.O=C(c1ccc2c(c1)ncn2-c1ccc(Cl)cc1)N1CCCCC1. The highest BCUT2D eigenvalue weighted by Crippen LogP contribution is 2.34. The number of carbonyl (C=O) groups excluding carboxylic acids is 5. The molecule has 5 amide bonds. The van der Waals surface area contributed by atoms with Crippen LogP contribution in [0.2, 0.25) is 5.02 Å². The minimum absolute atomic E-state index is 0.000630. The Balaban J connectivity index is 0.000000117.